The van der Waals surface area contributed by atoms with Crippen molar-refractivity contribution in [1.29, 1.82) is 5.26 Å². The van der Waals surface area contributed by atoms with Crippen molar-refractivity contribution in [2.45, 2.75) is 19.8 Å². The van der Waals surface area contributed by atoms with Gasteiger partial charge in [-0.2, -0.15) is 5.26 Å². The van der Waals surface area contributed by atoms with Gasteiger partial charge in [0, 0.05) is 0 Å². The highest BCUT2D eigenvalue weighted by Crippen LogP contribution is 2.40. The Morgan fingerprint density at radius 3 is 2.67 bits per heavy atom. The van der Waals surface area contributed by atoms with Gasteiger partial charge in [0.1, 0.15) is 6.07 Å². The summed E-state index contributed by atoms with van der Waals surface area (Å²) in [6, 6.07) is 6.60. The lowest BCUT2D eigenvalue weighted by atomic mass is 9.82. The molecule has 21 heavy (non-hydrogen) atoms. The van der Waals surface area contributed by atoms with E-state index in [4.69, 9.17) is 16.9 Å². The summed E-state index contributed by atoms with van der Waals surface area (Å²) in [5.74, 6) is -0.875. The van der Waals surface area contributed by atoms with Gasteiger partial charge in [0.25, 0.3) is 0 Å². The van der Waals surface area contributed by atoms with Crippen LogP contribution in [0.15, 0.2) is 29.8 Å². The van der Waals surface area contributed by atoms with E-state index >= 15 is 0 Å². The highest BCUT2D eigenvalue weighted by Gasteiger charge is 2.48. The van der Waals surface area contributed by atoms with Crippen LogP contribution in [-0.4, -0.2) is 11.8 Å². The number of benzene rings is 1. The summed E-state index contributed by atoms with van der Waals surface area (Å²) in [6.45, 7) is 1.98. The van der Waals surface area contributed by atoms with Crippen molar-refractivity contribution >= 4 is 29.1 Å². The first kappa shape index (κ1) is 13.8. The molecule has 3 rings (SSSR count). The van der Waals surface area contributed by atoms with E-state index in [9.17, 15) is 9.59 Å². The SMILES string of the molecule is CC1=CC[C@H]2C(=O)N(c3ccc(C#N)c(Cl)c3)C(=O)[C@@H]2C1. The molecule has 0 aromatic heterocycles. The van der Waals surface area contributed by atoms with Gasteiger partial charge in [-0.15, -0.1) is 0 Å². The quantitative estimate of drug-likeness (QED) is 0.591. The van der Waals surface area contributed by atoms with Gasteiger partial charge >= 0.3 is 0 Å². The lowest BCUT2D eigenvalue weighted by Gasteiger charge is -2.18. The van der Waals surface area contributed by atoms with Gasteiger partial charge in [-0.05, 0) is 38.0 Å². The molecule has 1 aliphatic carbocycles. The molecular formula is C16H13ClN2O2. The van der Waals surface area contributed by atoms with Crippen LogP contribution in [-0.2, 0) is 9.59 Å². The summed E-state index contributed by atoms with van der Waals surface area (Å²) in [4.78, 5) is 26.2. The number of anilines is 1. The van der Waals surface area contributed by atoms with Gasteiger partial charge in [0.15, 0.2) is 0 Å². The van der Waals surface area contributed by atoms with Crippen LogP contribution < -0.4 is 4.90 Å². The number of allylic oxidation sites excluding steroid dienone is 2. The molecular weight excluding hydrogens is 288 g/mol. The molecule has 0 bridgehead atoms. The van der Waals surface area contributed by atoms with Crippen molar-refractivity contribution in [3.8, 4) is 6.07 Å². The molecule has 1 saturated heterocycles. The third-order valence-electron chi connectivity index (χ3n) is 4.15. The van der Waals surface area contributed by atoms with Gasteiger partial charge in [-0.25, -0.2) is 4.90 Å². The number of amides is 2. The van der Waals surface area contributed by atoms with E-state index in [2.05, 4.69) is 0 Å². The molecule has 5 heteroatoms. The lowest BCUT2D eigenvalue weighted by molar-refractivity contribution is -0.122. The normalized spacial score (nSPS) is 24.6. The fourth-order valence-corrected chi connectivity index (χ4v) is 3.24. The summed E-state index contributed by atoms with van der Waals surface area (Å²) in [6.07, 6.45) is 3.28. The van der Waals surface area contributed by atoms with Crippen molar-refractivity contribution < 1.29 is 9.59 Å². The predicted octanol–water partition coefficient (Wildman–Crippen LogP) is 3.06. The fraction of sp³-hybridized carbons (Fsp3) is 0.312. The number of rotatable bonds is 1. The zero-order valence-electron chi connectivity index (χ0n) is 11.5. The third-order valence-corrected chi connectivity index (χ3v) is 4.47. The zero-order chi connectivity index (χ0) is 15.1. The number of halogens is 1. The van der Waals surface area contributed by atoms with Gasteiger partial charge in [0.2, 0.25) is 11.8 Å². The maximum atomic E-state index is 12.5. The minimum absolute atomic E-state index is 0.168. The number of carbonyl (C=O) groups is 2. The van der Waals surface area contributed by atoms with Crippen molar-refractivity contribution in [1.82, 2.24) is 0 Å². The number of carbonyl (C=O) groups excluding carboxylic acids is 2. The van der Waals surface area contributed by atoms with Crippen LogP contribution in [0.1, 0.15) is 25.3 Å². The fourth-order valence-electron chi connectivity index (χ4n) is 3.03. The molecule has 0 saturated carbocycles. The monoisotopic (exact) mass is 300 g/mol. The van der Waals surface area contributed by atoms with Crippen LogP contribution in [0.2, 0.25) is 5.02 Å². The van der Waals surface area contributed by atoms with Crippen LogP contribution >= 0.6 is 11.6 Å². The molecule has 1 fully saturated rings. The van der Waals surface area contributed by atoms with Crippen LogP contribution in [0.25, 0.3) is 0 Å². The van der Waals surface area contributed by atoms with Crippen LogP contribution in [0, 0.1) is 23.2 Å². The van der Waals surface area contributed by atoms with E-state index in [0.717, 1.165) is 5.57 Å². The number of imide groups is 1. The van der Waals surface area contributed by atoms with E-state index < -0.39 is 0 Å². The Balaban J connectivity index is 1.97. The summed E-state index contributed by atoms with van der Waals surface area (Å²) >= 11 is 6.00. The topological polar surface area (TPSA) is 61.2 Å². The predicted molar refractivity (Wildman–Crippen MR) is 78.6 cm³/mol. The van der Waals surface area contributed by atoms with Gasteiger partial charge in [0.05, 0.1) is 28.1 Å². The van der Waals surface area contributed by atoms with Gasteiger partial charge in [-0.3, -0.25) is 9.59 Å². The smallest absolute Gasteiger partial charge is 0.238 e. The molecule has 1 aliphatic heterocycles. The van der Waals surface area contributed by atoms with Crippen molar-refractivity contribution in [3.63, 3.8) is 0 Å². The van der Waals surface area contributed by atoms with Crippen LogP contribution in [0.3, 0.4) is 0 Å². The first-order chi connectivity index (χ1) is 10.0. The number of fused-ring (bicyclic) bond motifs is 1. The Bertz CT molecular complexity index is 717. The molecule has 2 aliphatic rings. The Hall–Kier alpha value is -2.12. The molecule has 2 atom stereocenters. The second kappa shape index (κ2) is 5.01. The minimum Gasteiger partial charge on any atom is -0.274 e. The Labute approximate surface area is 127 Å². The summed E-state index contributed by atoms with van der Waals surface area (Å²) < 4.78 is 0. The largest absolute Gasteiger partial charge is 0.274 e. The molecule has 4 nitrogen and oxygen atoms in total. The standard InChI is InChI=1S/C16H13ClN2O2/c1-9-2-5-12-13(6-9)16(21)19(15(12)20)11-4-3-10(8-18)14(17)7-11/h2-4,7,12-13H,5-6H2,1H3/t12-,13-/m1/s1. The first-order valence-corrected chi connectivity index (χ1v) is 7.14. The molecule has 106 valence electrons. The average molecular weight is 301 g/mol. The minimum atomic E-state index is -0.268. The second-order valence-corrected chi connectivity index (χ2v) is 5.90. The van der Waals surface area contributed by atoms with Gasteiger partial charge < -0.3 is 0 Å². The Morgan fingerprint density at radius 2 is 2.00 bits per heavy atom. The molecule has 1 heterocycles. The molecule has 1 aromatic rings. The highest BCUT2D eigenvalue weighted by molar-refractivity contribution is 6.32. The summed E-state index contributed by atoms with van der Waals surface area (Å²) in [7, 11) is 0. The molecule has 0 unspecified atom stereocenters. The summed E-state index contributed by atoms with van der Waals surface area (Å²) in [5, 5.41) is 9.14. The van der Waals surface area contributed by atoms with E-state index in [0.29, 0.717) is 24.1 Å². The van der Waals surface area contributed by atoms with E-state index in [1.807, 2.05) is 19.1 Å². The van der Waals surface area contributed by atoms with E-state index in [1.54, 1.807) is 6.07 Å². The van der Waals surface area contributed by atoms with Crippen LogP contribution in [0.4, 0.5) is 5.69 Å². The van der Waals surface area contributed by atoms with Crippen molar-refractivity contribution in [3.05, 3.63) is 40.4 Å². The average Bonchev–Trinajstić information content (AvgIpc) is 2.70. The molecule has 0 N–H and O–H groups in total. The summed E-state index contributed by atoms with van der Waals surface area (Å²) in [5.41, 5.74) is 1.92. The van der Waals surface area contributed by atoms with E-state index in [-0.39, 0.29) is 28.7 Å². The van der Waals surface area contributed by atoms with Crippen molar-refractivity contribution in [2.75, 3.05) is 4.90 Å². The Morgan fingerprint density at radius 1 is 1.29 bits per heavy atom. The molecule has 2 amide bonds. The molecule has 0 radical (unpaired) electrons. The third kappa shape index (κ3) is 2.14. The van der Waals surface area contributed by atoms with E-state index in [1.165, 1.54) is 17.0 Å². The zero-order valence-corrected chi connectivity index (χ0v) is 12.2. The Kier molecular flexibility index (Phi) is 3.30. The molecule has 1 aromatic carbocycles. The number of hydrogen-bond donors (Lipinski definition) is 0. The number of nitriles is 1. The first-order valence-electron chi connectivity index (χ1n) is 6.76. The molecule has 0 spiro atoms. The maximum absolute atomic E-state index is 12.5. The van der Waals surface area contributed by atoms with Crippen molar-refractivity contribution in [2.24, 2.45) is 11.8 Å². The van der Waals surface area contributed by atoms with Gasteiger partial charge in [-0.1, -0.05) is 23.3 Å². The highest BCUT2D eigenvalue weighted by atomic mass is 35.5. The number of hydrogen-bond acceptors (Lipinski definition) is 3. The lowest BCUT2D eigenvalue weighted by Crippen LogP contribution is -2.30. The van der Waals surface area contributed by atoms with Crippen LogP contribution in [0.5, 0.6) is 0 Å². The second-order valence-electron chi connectivity index (χ2n) is 5.49. The maximum Gasteiger partial charge on any atom is 0.238 e. The number of nitrogens with zero attached hydrogens (tertiary/aromatic N) is 2.